The van der Waals surface area contributed by atoms with E-state index in [1.54, 1.807) is 29.2 Å². The van der Waals surface area contributed by atoms with Gasteiger partial charge in [-0.15, -0.1) is 0 Å². The third kappa shape index (κ3) is 4.36. The number of nitrogens with one attached hydrogen (secondary N) is 1. The molecule has 0 radical (unpaired) electrons. The monoisotopic (exact) mass is 374 g/mol. The van der Waals surface area contributed by atoms with Gasteiger partial charge in [-0.05, 0) is 36.4 Å². The average Bonchev–Trinajstić information content (AvgIpc) is 2.61. The van der Waals surface area contributed by atoms with Gasteiger partial charge in [0.1, 0.15) is 0 Å². The van der Waals surface area contributed by atoms with Gasteiger partial charge in [0.15, 0.2) is 0 Å². The standard InChI is InChI=1S/C18H16Cl2N4O/c19-14-9-15(20)11-16(10-14)22-18(25)24-6-4-23(5-7-24)17-3-1-2-13(8-17)12-21/h1-3,8-11H,4-7H2,(H,22,25). The number of nitriles is 1. The van der Waals surface area contributed by atoms with Crippen molar-refractivity contribution in [3.05, 3.63) is 58.1 Å². The van der Waals surface area contributed by atoms with Crippen LogP contribution in [0.3, 0.4) is 0 Å². The summed E-state index contributed by atoms with van der Waals surface area (Å²) in [6.45, 7) is 2.60. The lowest BCUT2D eigenvalue weighted by atomic mass is 10.2. The predicted octanol–water partition coefficient (Wildman–Crippen LogP) is 4.22. The quantitative estimate of drug-likeness (QED) is 0.855. The summed E-state index contributed by atoms with van der Waals surface area (Å²) in [5.41, 5.74) is 2.21. The maximum absolute atomic E-state index is 12.4. The van der Waals surface area contributed by atoms with E-state index in [9.17, 15) is 4.79 Å². The minimum absolute atomic E-state index is 0.177. The van der Waals surface area contributed by atoms with Crippen molar-refractivity contribution in [1.82, 2.24) is 4.90 Å². The maximum Gasteiger partial charge on any atom is 0.321 e. The molecule has 1 heterocycles. The second kappa shape index (κ2) is 7.64. The van der Waals surface area contributed by atoms with Crippen LogP contribution >= 0.6 is 23.2 Å². The molecule has 2 aromatic carbocycles. The van der Waals surface area contributed by atoms with Crippen molar-refractivity contribution in [2.45, 2.75) is 0 Å². The van der Waals surface area contributed by atoms with E-state index >= 15 is 0 Å². The largest absolute Gasteiger partial charge is 0.368 e. The Balaban J connectivity index is 1.60. The molecule has 1 N–H and O–H groups in total. The molecule has 5 nitrogen and oxygen atoms in total. The molecule has 128 valence electrons. The SMILES string of the molecule is N#Cc1cccc(N2CCN(C(=O)Nc3cc(Cl)cc(Cl)c3)CC2)c1. The van der Waals surface area contributed by atoms with E-state index in [1.807, 2.05) is 18.2 Å². The fraction of sp³-hybridized carbons (Fsp3) is 0.222. The second-order valence-corrected chi connectivity index (χ2v) is 6.60. The first-order valence-electron chi connectivity index (χ1n) is 7.82. The zero-order chi connectivity index (χ0) is 17.8. The molecule has 0 bridgehead atoms. The Kier molecular flexibility index (Phi) is 5.32. The molecule has 0 spiro atoms. The van der Waals surface area contributed by atoms with Crippen molar-refractivity contribution in [2.24, 2.45) is 0 Å². The van der Waals surface area contributed by atoms with Crippen molar-refractivity contribution in [3.8, 4) is 6.07 Å². The van der Waals surface area contributed by atoms with Gasteiger partial charge < -0.3 is 15.1 Å². The lowest BCUT2D eigenvalue weighted by Gasteiger charge is -2.36. The number of carbonyl (C=O) groups excluding carboxylic acids is 1. The molecule has 7 heteroatoms. The third-order valence-corrected chi connectivity index (χ3v) is 4.46. The van der Waals surface area contributed by atoms with E-state index < -0.39 is 0 Å². The number of piperazine rings is 1. The van der Waals surface area contributed by atoms with Gasteiger partial charge >= 0.3 is 6.03 Å². The van der Waals surface area contributed by atoms with Crippen LogP contribution in [0.15, 0.2) is 42.5 Å². The van der Waals surface area contributed by atoms with Crippen LogP contribution in [0.5, 0.6) is 0 Å². The van der Waals surface area contributed by atoms with Crippen LogP contribution in [-0.4, -0.2) is 37.1 Å². The lowest BCUT2D eigenvalue weighted by molar-refractivity contribution is 0.208. The summed E-state index contributed by atoms with van der Waals surface area (Å²) in [5.74, 6) is 0. The summed E-state index contributed by atoms with van der Waals surface area (Å²) in [5, 5.41) is 12.8. The van der Waals surface area contributed by atoms with Crippen LogP contribution in [0, 0.1) is 11.3 Å². The number of halogens is 2. The molecule has 2 aromatic rings. The van der Waals surface area contributed by atoms with Crippen LogP contribution in [0.1, 0.15) is 5.56 Å². The molecule has 1 fully saturated rings. The van der Waals surface area contributed by atoms with Crippen LogP contribution in [-0.2, 0) is 0 Å². The molecule has 2 amide bonds. The highest BCUT2D eigenvalue weighted by atomic mass is 35.5. The second-order valence-electron chi connectivity index (χ2n) is 5.72. The maximum atomic E-state index is 12.4. The first-order valence-corrected chi connectivity index (χ1v) is 8.58. The van der Waals surface area contributed by atoms with Gasteiger partial charge in [0.25, 0.3) is 0 Å². The van der Waals surface area contributed by atoms with Crippen molar-refractivity contribution in [3.63, 3.8) is 0 Å². The normalized spacial score (nSPS) is 14.1. The molecule has 1 aliphatic heterocycles. The highest BCUT2D eigenvalue weighted by Crippen LogP contribution is 2.23. The molecule has 0 saturated carbocycles. The number of nitrogens with zero attached hydrogens (tertiary/aromatic N) is 3. The third-order valence-electron chi connectivity index (χ3n) is 4.02. The van der Waals surface area contributed by atoms with Crippen LogP contribution in [0.2, 0.25) is 10.0 Å². The zero-order valence-corrected chi connectivity index (χ0v) is 14.9. The fourth-order valence-electron chi connectivity index (χ4n) is 2.77. The first-order chi connectivity index (χ1) is 12.0. The molecule has 25 heavy (non-hydrogen) atoms. The number of hydrogen-bond donors (Lipinski definition) is 1. The number of carbonyl (C=O) groups is 1. The van der Waals surface area contributed by atoms with Gasteiger partial charge in [0.05, 0.1) is 11.6 Å². The smallest absolute Gasteiger partial charge is 0.321 e. The summed E-state index contributed by atoms with van der Waals surface area (Å²) < 4.78 is 0. The molecule has 0 unspecified atom stereocenters. The first kappa shape index (κ1) is 17.4. The van der Waals surface area contributed by atoms with E-state index in [-0.39, 0.29) is 6.03 Å². The predicted molar refractivity (Wildman–Crippen MR) is 100 cm³/mol. The van der Waals surface area contributed by atoms with Crippen molar-refractivity contribution < 1.29 is 4.79 Å². The molecule has 1 saturated heterocycles. The molecule has 3 rings (SSSR count). The highest BCUT2D eigenvalue weighted by molar-refractivity contribution is 6.35. The van der Waals surface area contributed by atoms with Gasteiger partial charge in [-0.1, -0.05) is 29.3 Å². The molecular weight excluding hydrogens is 359 g/mol. The highest BCUT2D eigenvalue weighted by Gasteiger charge is 2.21. The van der Waals surface area contributed by atoms with Gasteiger partial charge in [0, 0.05) is 47.6 Å². The fourth-order valence-corrected chi connectivity index (χ4v) is 3.29. The molecule has 0 atom stereocenters. The summed E-state index contributed by atoms with van der Waals surface area (Å²) in [6, 6.07) is 14.4. The zero-order valence-electron chi connectivity index (χ0n) is 13.4. The topological polar surface area (TPSA) is 59.4 Å². The number of hydrogen-bond acceptors (Lipinski definition) is 3. The summed E-state index contributed by atoms with van der Waals surface area (Å²) in [6.07, 6.45) is 0. The van der Waals surface area contributed by atoms with Gasteiger partial charge in [-0.3, -0.25) is 0 Å². The Morgan fingerprint density at radius 2 is 1.72 bits per heavy atom. The van der Waals surface area contributed by atoms with Crippen LogP contribution in [0.4, 0.5) is 16.2 Å². The van der Waals surface area contributed by atoms with Gasteiger partial charge in [-0.25, -0.2) is 4.79 Å². The van der Waals surface area contributed by atoms with Crippen molar-refractivity contribution in [2.75, 3.05) is 36.4 Å². The van der Waals surface area contributed by atoms with E-state index in [0.717, 1.165) is 5.69 Å². The van der Waals surface area contributed by atoms with E-state index in [0.29, 0.717) is 47.5 Å². The molecule has 0 aliphatic carbocycles. The average molecular weight is 375 g/mol. The summed E-state index contributed by atoms with van der Waals surface area (Å²) in [4.78, 5) is 16.3. The van der Waals surface area contributed by atoms with Crippen molar-refractivity contribution in [1.29, 1.82) is 5.26 Å². The molecular formula is C18H16Cl2N4O. The molecule has 0 aromatic heterocycles. The van der Waals surface area contributed by atoms with Crippen LogP contribution < -0.4 is 10.2 Å². The Bertz CT molecular complexity index is 806. The summed E-state index contributed by atoms with van der Waals surface area (Å²) in [7, 11) is 0. The van der Waals surface area contributed by atoms with Gasteiger partial charge in [0.2, 0.25) is 0 Å². The number of rotatable bonds is 2. The van der Waals surface area contributed by atoms with E-state index in [1.165, 1.54) is 0 Å². The van der Waals surface area contributed by atoms with Gasteiger partial charge in [-0.2, -0.15) is 5.26 Å². The minimum Gasteiger partial charge on any atom is -0.368 e. The van der Waals surface area contributed by atoms with Crippen molar-refractivity contribution >= 4 is 40.6 Å². The number of amides is 2. The Hall–Kier alpha value is -2.42. The number of urea groups is 1. The minimum atomic E-state index is -0.177. The van der Waals surface area contributed by atoms with E-state index in [4.69, 9.17) is 28.5 Å². The Morgan fingerprint density at radius 1 is 1.04 bits per heavy atom. The van der Waals surface area contributed by atoms with E-state index in [2.05, 4.69) is 16.3 Å². The number of anilines is 2. The summed E-state index contributed by atoms with van der Waals surface area (Å²) >= 11 is 11.9. The number of benzene rings is 2. The lowest BCUT2D eigenvalue weighted by Crippen LogP contribution is -2.50. The molecule has 1 aliphatic rings. The Morgan fingerprint density at radius 3 is 2.36 bits per heavy atom. The Labute approximate surface area is 156 Å². The van der Waals surface area contributed by atoms with Crippen LogP contribution in [0.25, 0.3) is 0 Å².